The van der Waals surface area contributed by atoms with E-state index in [9.17, 15) is 19.2 Å². The lowest BCUT2D eigenvalue weighted by Crippen LogP contribution is -2.51. The zero-order valence-corrected chi connectivity index (χ0v) is 21.9. The highest BCUT2D eigenvalue weighted by atomic mass is 16.6. The van der Waals surface area contributed by atoms with Gasteiger partial charge in [-0.25, -0.2) is 9.59 Å². The maximum Gasteiger partial charge on any atom is 0.409 e. The van der Waals surface area contributed by atoms with Crippen LogP contribution in [0.5, 0.6) is 0 Å². The van der Waals surface area contributed by atoms with Crippen LogP contribution >= 0.6 is 0 Å². The maximum absolute atomic E-state index is 12.9. The Morgan fingerprint density at radius 1 is 1.00 bits per heavy atom. The van der Waals surface area contributed by atoms with E-state index in [4.69, 9.17) is 16.2 Å². The normalized spacial score (nSPS) is 12.6. The lowest BCUT2D eigenvalue weighted by atomic mass is 10.0. The number of nitrogens with two attached hydrogens (primary N) is 2. The van der Waals surface area contributed by atoms with Crippen LogP contribution in [-0.4, -0.2) is 86.6 Å². The number of amides is 5. The lowest BCUT2D eigenvalue weighted by Gasteiger charge is -2.22. The number of primary amides is 1. The Labute approximate surface area is 213 Å². The molecule has 0 unspecified atom stereocenters. The van der Waals surface area contributed by atoms with Crippen molar-refractivity contribution < 1.29 is 23.9 Å². The average molecular weight is 508 g/mol. The fourth-order valence-electron chi connectivity index (χ4n) is 2.97. The molecule has 0 saturated carbocycles. The van der Waals surface area contributed by atoms with Gasteiger partial charge in [-0.1, -0.05) is 26.0 Å². The third kappa shape index (κ3) is 11.8. The summed E-state index contributed by atoms with van der Waals surface area (Å²) in [6, 6.07) is 4.58. The van der Waals surface area contributed by atoms with Gasteiger partial charge in [0.2, 0.25) is 11.8 Å². The highest BCUT2D eigenvalue weighted by Crippen LogP contribution is 2.13. The number of carbonyl (C=O) groups excluding carboxylic acids is 4. The molecule has 0 aliphatic heterocycles. The molecule has 0 heterocycles. The molecule has 12 heteroatoms. The lowest BCUT2D eigenvalue weighted by molar-refractivity contribution is -0.128. The van der Waals surface area contributed by atoms with Crippen molar-refractivity contribution in [2.45, 2.75) is 45.4 Å². The van der Waals surface area contributed by atoms with E-state index in [-0.39, 0.29) is 25.5 Å². The van der Waals surface area contributed by atoms with Crippen LogP contribution in [0.4, 0.5) is 15.3 Å². The zero-order valence-electron chi connectivity index (χ0n) is 21.9. The third-order valence-corrected chi connectivity index (χ3v) is 5.40. The van der Waals surface area contributed by atoms with Gasteiger partial charge in [0.1, 0.15) is 12.6 Å². The summed E-state index contributed by atoms with van der Waals surface area (Å²) in [5.74, 6) is -0.944. The standard InChI is InChI=1S/C24H41N7O5/c1-16(2)20(25)22(33)29-19(7-6-12-27-23(26)34)21(32)28-18-10-8-17(9-11-18)15-36-24(35)31(5)14-13-30(3)4/h8-11,16,19-20H,6-7,12-15,25H2,1-5H3,(H,28,32)(H,29,33)(H3,26,27,34)/t19-,20-/m0/s1. The first-order valence-electron chi connectivity index (χ1n) is 11.9. The number of rotatable bonds is 14. The van der Waals surface area contributed by atoms with Gasteiger partial charge in [0.05, 0.1) is 6.04 Å². The molecule has 1 rings (SSSR count). The van der Waals surface area contributed by atoms with Crippen molar-refractivity contribution in [3.8, 4) is 0 Å². The minimum absolute atomic E-state index is 0.0952. The zero-order chi connectivity index (χ0) is 27.3. The molecule has 0 spiro atoms. The summed E-state index contributed by atoms with van der Waals surface area (Å²) in [5, 5.41) is 7.93. The van der Waals surface area contributed by atoms with Gasteiger partial charge in [0.25, 0.3) is 0 Å². The number of carbonyl (C=O) groups is 4. The van der Waals surface area contributed by atoms with Crippen molar-refractivity contribution in [2.75, 3.05) is 46.1 Å². The van der Waals surface area contributed by atoms with E-state index in [0.29, 0.717) is 18.7 Å². The summed E-state index contributed by atoms with van der Waals surface area (Å²) < 4.78 is 5.32. The molecule has 0 saturated heterocycles. The van der Waals surface area contributed by atoms with Crippen LogP contribution < -0.4 is 27.4 Å². The number of likely N-dealkylation sites (N-methyl/N-ethyl adjacent to an activating group) is 2. The smallest absolute Gasteiger partial charge is 0.409 e. The SMILES string of the molecule is CC(C)[C@H](N)C(=O)N[C@@H](CCCNC(N)=O)C(=O)Nc1ccc(COC(=O)N(C)CCN(C)C)cc1. The van der Waals surface area contributed by atoms with Crippen LogP contribution in [0.25, 0.3) is 0 Å². The molecule has 0 aliphatic carbocycles. The number of urea groups is 1. The first kappa shape index (κ1) is 30.7. The fraction of sp³-hybridized carbons (Fsp3) is 0.583. The van der Waals surface area contributed by atoms with E-state index in [1.807, 2.05) is 32.8 Å². The van der Waals surface area contributed by atoms with E-state index in [0.717, 1.165) is 12.1 Å². The topological polar surface area (TPSA) is 172 Å². The molecule has 7 N–H and O–H groups in total. The molecule has 0 aliphatic rings. The summed E-state index contributed by atoms with van der Waals surface area (Å²) in [6.45, 7) is 5.27. The number of hydrogen-bond donors (Lipinski definition) is 5. The van der Waals surface area contributed by atoms with Gasteiger partial charge in [-0.3, -0.25) is 9.59 Å². The third-order valence-electron chi connectivity index (χ3n) is 5.40. The van der Waals surface area contributed by atoms with Gasteiger partial charge < -0.3 is 42.0 Å². The molecular formula is C24H41N7O5. The second-order valence-corrected chi connectivity index (χ2v) is 9.23. The van der Waals surface area contributed by atoms with Crippen molar-refractivity contribution in [2.24, 2.45) is 17.4 Å². The molecule has 0 fully saturated rings. The van der Waals surface area contributed by atoms with E-state index in [2.05, 4.69) is 16.0 Å². The van der Waals surface area contributed by atoms with Crippen molar-refractivity contribution >= 4 is 29.6 Å². The molecule has 202 valence electrons. The second kappa shape index (κ2) is 15.6. The predicted molar refractivity (Wildman–Crippen MR) is 138 cm³/mol. The summed E-state index contributed by atoms with van der Waals surface area (Å²) >= 11 is 0. The number of nitrogens with one attached hydrogen (secondary N) is 3. The Hall–Kier alpha value is -3.38. The minimum atomic E-state index is -0.852. The Kier molecular flexibility index (Phi) is 13.3. The van der Waals surface area contributed by atoms with Crippen molar-refractivity contribution in [3.05, 3.63) is 29.8 Å². The number of anilines is 1. The molecule has 12 nitrogen and oxygen atoms in total. The van der Waals surface area contributed by atoms with Crippen molar-refractivity contribution in [3.63, 3.8) is 0 Å². The number of benzene rings is 1. The van der Waals surface area contributed by atoms with Gasteiger partial charge in [0.15, 0.2) is 0 Å². The summed E-state index contributed by atoms with van der Waals surface area (Å²) in [4.78, 5) is 51.8. The summed E-state index contributed by atoms with van der Waals surface area (Å²) in [5.41, 5.74) is 12.3. The Bertz CT molecular complexity index is 861. The molecule has 0 radical (unpaired) electrons. The Morgan fingerprint density at radius 2 is 1.64 bits per heavy atom. The molecule has 36 heavy (non-hydrogen) atoms. The van der Waals surface area contributed by atoms with Crippen LogP contribution in [0.3, 0.4) is 0 Å². The maximum atomic E-state index is 12.9. The van der Waals surface area contributed by atoms with E-state index >= 15 is 0 Å². The molecule has 2 atom stereocenters. The monoisotopic (exact) mass is 507 g/mol. The minimum Gasteiger partial charge on any atom is -0.445 e. The van der Waals surface area contributed by atoms with Crippen LogP contribution in [0.2, 0.25) is 0 Å². The molecule has 0 aromatic heterocycles. The van der Waals surface area contributed by atoms with Gasteiger partial charge in [0, 0.05) is 32.4 Å². The number of ether oxygens (including phenoxy) is 1. The fourth-order valence-corrected chi connectivity index (χ4v) is 2.97. The van der Waals surface area contributed by atoms with Crippen LogP contribution in [0, 0.1) is 5.92 Å². The first-order chi connectivity index (χ1) is 16.9. The van der Waals surface area contributed by atoms with Crippen molar-refractivity contribution in [1.29, 1.82) is 0 Å². The Morgan fingerprint density at radius 3 is 2.19 bits per heavy atom. The van der Waals surface area contributed by atoms with Gasteiger partial charge >= 0.3 is 12.1 Å². The molecule has 1 aromatic rings. The molecule has 0 bridgehead atoms. The number of nitrogens with zero attached hydrogens (tertiary/aromatic N) is 2. The van der Waals surface area contributed by atoms with Crippen LogP contribution in [0.15, 0.2) is 24.3 Å². The predicted octanol–water partition coefficient (Wildman–Crippen LogP) is 0.672. The van der Waals surface area contributed by atoms with Gasteiger partial charge in [-0.05, 0) is 50.6 Å². The van der Waals surface area contributed by atoms with Crippen molar-refractivity contribution in [1.82, 2.24) is 20.4 Å². The Balaban J connectivity index is 2.70. The molecule has 5 amide bonds. The quantitative estimate of drug-likeness (QED) is 0.230. The highest BCUT2D eigenvalue weighted by Gasteiger charge is 2.25. The van der Waals surface area contributed by atoms with E-state index in [1.165, 1.54) is 4.90 Å². The molecule has 1 aromatic carbocycles. The molecular weight excluding hydrogens is 466 g/mol. The van der Waals surface area contributed by atoms with Crippen LogP contribution in [-0.2, 0) is 20.9 Å². The average Bonchev–Trinajstić information content (AvgIpc) is 2.82. The summed E-state index contributed by atoms with van der Waals surface area (Å²) in [6.07, 6.45) is 0.280. The summed E-state index contributed by atoms with van der Waals surface area (Å²) in [7, 11) is 5.53. The number of hydrogen-bond acceptors (Lipinski definition) is 7. The highest BCUT2D eigenvalue weighted by molar-refractivity contribution is 5.97. The van der Waals surface area contributed by atoms with Gasteiger partial charge in [-0.15, -0.1) is 0 Å². The second-order valence-electron chi connectivity index (χ2n) is 9.23. The van der Waals surface area contributed by atoms with E-state index < -0.39 is 36.0 Å². The van der Waals surface area contributed by atoms with Crippen LogP contribution in [0.1, 0.15) is 32.3 Å². The first-order valence-corrected chi connectivity index (χ1v) is 11.9. The largest absolute Gasteiger partial charge is 0.445 e. The van der Waals surface area contributed by atoms with E-state index in [1.54, 1.807) is 31.3 Å². The van der Waals surface area contributed by atoms with Gasteiger partial charge in [-0.2, -0.15) is 0 Å².